The second kappa shape index (κ2) is 13.8. The molecule has 0 spiro atoms. The Morgan fingerprint density at radius 3 is 2.55 bits per heavy atom. The largest absolute Gasteiger partial charge is 0.351 e. The molecule has 1 saturated heterocycles. The van der Waals surface area contributed by atoms with Gasteiger partial charge in [-0.3, -0.25) is 14.5 Å². The summed E-state index contributed by atoms with van der Waals surface area (Å²) in [7, 11) is 0. The fourth-order valence-corrected chi connectivity index (χ4v) is 7.05. The minimum Gasteiger partial charge on any atom is -0.351 e. The second-order valence-electron chi connectivity index (χ2n) is 11.1. The number of nitrogens with zero attached hydrogens (tertiary/aromatic N) is 5. The summed E-state index contributed by atoms with van der Waals surface area (Å²) in [5.41, 5.74) is 12.9. The Balaban J connectivity index is 1.23. The summed E-state index contributed by atoms with van der Waals surface area (Å²) in [6.07, 6.45) is 5.18. The number of carbonyl (C=O) groups is 2. The Labute approximate surface area is 266 Å². The molecule has 6 rings (SSSR count). The van der Waals surface area contributed by atoms with E-state index in [-0.39, 0.29) is 5.91 Å². The molecule has 2 aliphatic rings. The Kier molecular flexibility index (Phi) is 9.49. The van der Waals surface area contributed by atoms with Gasteiger partial charge in [0.05, 0.1) is 12.2 Å². The van der Waals surface area contributed by atoms with Crippen molar-refractivity contribution in [2.75, 3.05) is 37.7 Å². The molecule has 11 heteroatoms. The lowest BCUT2D eigenvalue weighted by atomic mass is 9.97. The molecular formula is C33H36ClN7O2S. The summed E-state index contributed by atoms with van der Waals surface area (Å²) in [4.78, 5) is 33.1. The first-order valence-electron chi connectivity index (χ1n) is 15.0. The van der Waals surface area contributed by atoms with Crippen molar-refractivity contribution >= 4 is 35.3 Å². The van der Waals surface area contributed by atoms with E-state index in [0.717, 1.165) is 72.5 Å². The maximum absolute atomic E-state index is 12.7. The van der Waals surface area contributed by atoms with Crippen molar-refractivity contribution in [3.63, 3.8) is 0 Å². The van der Waals surface area contributed by atoms with E-state index in [4.69, 9.17) is 22.4 Å². The van der Waals surface area contributed by atoms with E-state index in [1.54, 1.807) is 29.4 Å². The van der Waals surface area contributed by atoms with Gasteiger partial charge in [-0.2, -0.15) is 16.9 Å². The van der Waals surface area contributed by atoms with Crippen LogP contribution in [0.5, 0.6) is 0 Å². The van der Waals surface area contributed by atoms with Crippen LogP contribution in [0.3, 0.4) is 0 Å². The fourth-order valence-electron chi connectivity index (χ4n) is 5.85. The van der Waals surface area contributed by atoms with Crippen molar-refractivity contribution in [2.45, 2.75) is 32.5 Å². The standard InChI is InChI=1S/C33H36ClN7O2S/c34-29-9-8-26(19-27(29)24-4-6-25(7-5-24)32(42)37-21-23-3-1-11-36-20-23)31-28-22-40(33(35)43)14-10-30(28)41(38-31)13-2-12-39-15-17-44-18-16-39/h1,3-9,11,19-20H,2,10,12-18,21-22H2,(H2,35,43)(H,37,42). The maximum atomic E-state index is 12.7. The number of fused-ring (bicyclic) bond motifs is 1. The number of benzene rings is 2. The zero-order valence-corrected chi connectivity index (χ0v) is 26.1. The molecule has 0 atom stereocenters. The number of pyridine rings is 1. The van der Waals surface area contributed by atoms with Crippen molar-refractivity contribution in [3.05, 3.63) is 94.4 Å². The number of hydrogen-bond acceptors (Lipinski definition) is 6. The first-order chi connectivity index (χ1) is 21.5. The van der Waals surface area contributed by atoms with Gasteiger partial charge in [-0.25, -0.2) is 4.79 Å². The Morgan fingerprint density at radius 1 is 1.00 bits per heavy atom. The lowest BCUT2D eigenvalue weighted by Gasteiger charge is -2.27. The third-order valence-corrected chi connectivity index (χ3v) is 9.54. The van der Waals surface area contributed by atoms with Crippen LogP contribution in [0, 0.1) is 0 Å². The van der Waals surface area contributed by atoms with Crippen molar-refractivity contribution in [3.8, 4) is 22.4 Å². The molecule has 9 nitrogen and oxygen atoms in total. The van der Waals surface area contributed by atoms with Gasteiger partial charge in [0.1, 0.15) is 0 Å². The topological polar surface area (TPSA) is 109 Å². The molecule has 228 valence electrons. The maximum Gasteiger partial charge on any atom is 0.315 e. The fraction of sp³-hybridized carbons (Fsp3) is 0.333. The number of carbonyl (C=O) groups excluding carboxylic acids is 2. The van der Waals surface area contributed by atoms with Crippen LogP contribution in [0.15, 0.2) is 67.0 Å². The minimum absolute atomic E-state index is 0.157. The van der Waals surface area contributed by atoms with Crippen LogP contribution in [-0.4, -0.2) is 74.2 Å². The number of urea groups is 1. The van der Waals surface area contributed by atoms with Gasteiger partial charge >= 0.3 is 6.03 Å². The zero-order valence-electron chi connectivity index (χ0n) is 24.5. The van der Waals surface area contributed by atoms with Crippen LogP contribution in [0.2, 0.25) is 5.02 Å². The third-order valence-electron chi connectivity index (χ3n) is 8.27. The number of nitrogens with one attached hydrogen (secondary N) is 1. The summed E-state index contributed by atoms with van der Waals surface area (Å²) >= 11 is 8.73. The number of hydrogen-bond donors (Lipinski definition) is 2. The molecule has 0 unspecified atom stereocenters. The number of halogens is 1. The van der Waals surface area contributed by atoms with Gasteiger partial charge in [0, 0.05) is 96.0 Å². The van der Waals surface area contributed by atoms with E-state index in [1.165, 1.54) is 17.2 Å². The Bertz CT molecular complexity index is 1620. The highest BCUT2D eigenvalue weighted by Gasteiger charge is 2.27. The van der Waals surface area contributed by atoms with E-state index < -0.39 is 6.03 Å². The summed E-state index contributed by atoms with van der Waals surface area (Å²) < 4.78 is 2.13. The molecule has 2 aliphatic heterocycles. The van der Waals surface area contributed by atoms with Gasteiger partial charge < -0.3 is 20.9 Å². The van der Waals surface area contributed by atoms with Gasteiger partial charge in [-0.05, 0) is 54.4 Å². The average molecular weight is 630 g/mol. The summed E-state index contributed by atoms with van der Waals surface area (Å²) in [5, 5.41) is 8.64. The van der Waals surface area contributed by atoms with Crippen LogP contribution in [0.1, 0.15) is 33.6 Å². The highest BCUT2D eigenvalue weighted by Crippen LogP contribution is 2.36. The van der Waals surface area contributed by atoms with E-state index in [1.807, 2.05) is 54.2 Å². The van der Waals surface area contributed by atoms with Gasteiger partial charge in [-0.1, -0.05) is 35.9 Å². The van der Waals surface area contributed by atoms with Crippen molar-refractivity contribution in [1.82, 2.24) is 29.9 Å². The van der Waals surface area contributed by atoms with Gasteiger partial charge in [0.2, 0.25) is 0 Å². The quantitative estimate of drug-likeness (QED) is 0.268. The predicted molar refractivity (Wildman–Crippen MR) is 176 cm³/mol. The summed E-state index contributed by atoms with van der Waals surface area (Å²) in [5.74, 6) is 2.24. The zero-order chi connectivity index (χ0) is 30.5. The lowest BCUT2D eigenvalue weighted by molar-refractivity contribution is 0.0951. The van der Waals surface area contributed by atoms with Gasteiger partial charge in [-0.15, -0.1) is 0 Å². The van der Waals surface area contributed by atoms with E-state index >= 15 is 0 Å². The van der Waals surface area contributed by atoms with Crippen LogP contribution in [-0.2, 0) is 26.1 Å². The predicted octanol–water partition coefficient (Wildman–Crippen LogP) is 5.07. The smallest absolute Gasteiger partial charge is 0.315 e. The number of thioether (sulfide) groups is 1. The molecule has 3 N–H and O–H groups in total. The third kappa shape index (κ3) is 6.93. The lowest BCUT2D eigenvalue weighted by Crippen LogP contribution is -2.39. The van der Waals surface area contributed by atoms with Crippen molar-refractivity contribution < 1.29 is 9.59 Å². The van der Waals surface area contributed by atoms with Crippen LogP contribution in [0.25, 0.3) is 22.4 Å². The normalized spacial score (nSPS) is 15.2. The molecule has 0 bridgehead atoms. The second-order valence-corrected chi connectivity index (χ2v) is 12.8. The van der Waals surface area contributed by atoms with E-state index in [9.17, 15) is 9.59 Å². The Morgan fingerprint density at radius 2 is 1.80 bits per heavy atom. The first-order valence-corrected chi connectivity index (χ1v) is 16.5. The highest BCUT2D eigenvalue weighted by atomic mass is 35.5. The molecule has 2 aromatic carbocycles. The van der Waals surface area contributed by atoms with Crippen LogP contribution >= 0.6 is 23.4 Å². The molecule has 44 heavy (non-hydrogen) atoms. The number of nitrogens with two attached hydrogens (primary N) is 1. The molecule has 1 fully saturated rings. The van der Waals surface area contributed by atoms with Gasteiger partial charge in [0.25, 0.3) is 5.91 Å². The average Bonchev–Trinajstić information content (AvgIpc) is 3.42. The van der Waals surface area contributed by atoms with Gasteiger partial charge in [0.15, 0.2) is 0 Å². The molecule has 4 aromatic rings. The van der Waals surface area contributed by atoms with E-state index in [2.05, 4.69) is 19.9 Å². The Hall–Kier alpha value is -3.86. The number of aryl methyl sites for hydroxylation is 1. The number of aromatic nitrogens is 3. The van der Waals surface area contributed by atoms with Crippen molar-refractivity contribution in [2.24, 2.45) is 5.73 Å². The minimum atomic E-state index is -0.418. The molecule has 0 radical (unpaired) electrons. The molecule has 0 saturated carbocycles. The molecule has 2 aromatic heterocycles. The molecule has 4 heterocycles. The van der Waals surface area contributed by atoms with Crippen molar-refractivity contribution in [1.29, 1.82) is 0 Å². The molecular weight excluding hydrogens is 594 g/mol. The molecule has 0 aliphatic carbocycles. The number of rotatable bonds is 9. The SMILES string of the molecule is NC(=O)N1CCc2c(c(-c3ccc(Cl)c(-c4ccc(C(=O)NCc5cccnc5)cc4)c3)nn2CCCN2CCSCC2)C1. The summed E-state index contributed by atoms with van der Waals surface area (Å²) in [6, 6.07) is 16.7. The number of primary amides is 1. The summed E-state index contributed by atoms with van der Waals surface area (Å²) in [6.45, 7) is 5.60. The monoisotopic (exact) mass is 629 g/mol. The van der Waals surface area contributed by atoms with Crippen LogP contribution < -0.4 is 11.1 Å². The highest BCUT2D eigenvalue weighted by molar-refractivity contribution is 7.99. The molecule has 3 amide bonds. The van der Waals surface area contributed by atoms with E-state index in [0.29, 0.717) is 30.2 Å². The number of amides is 3. The van der Waals surface area contributed by atoms with Crippen LogP contribution in [0.4, 0.5) is 4.79 Å². The first kappa shape index (κ1) is 30.2.